The number of nitrogens with zero attached hydrogens (tertiary/aromatic N) is 2. The smallest absolute Gasteiger partial charge is 0.316 e. The molecule has 0 aromatic carbocycles. The van der Waals surface area contributed by atoms with Gasteiger partial charge in [0.1, 0.15) is 0 Å². The first-order chi connectivity index (χ1) is 5.72. The number of nitrogens with one attached hydrogen (secondary N) is 1. The molecule has 0 spiro atoms. The molecule has 1 rings (SSSR count). The highest BCUT2D eigenvalue weighted by atomic mass is 16.5. The number of hydrogen-bond donors (Lipinski definition) is 1. The molecule has 66 valence electrons. The van der Waals surface area contributed by atoms with Crippen LogP contribution in [-0.2, 0) is 0 Å². The number of anilines is 1. The Morgan fingerprint density at radius 2 is 1.92 bits per heavy atom. The Bertz CT molecular complexity index is 233. The number of hydrogen-bond acceptors (Lipinski definition) is 4. The summed E-state index contributed by atoms with van der Waals surface area (Å²) in [6.45, 7) is 4.12. The lowest BCUT2D eigenvalue weighted by Crippen LogP contribution is -2.10. The monoisotopic (exact) mass is 167 g/mol. The largest absolute Gasteiger partial charge is 0.467 e. The predicted octanol–water partition coefficient (Wildman–Crippen LogP) is 1.31. The van der Waals surface area contributed by atoms with Crippen LogP contribution in [0.1, 0.15) is 13.8 Å². The van der Waals surface area contributed by atoms with Crippen LogP contribution in [0.25, 0.3) is 0 Å². The van der Waals surface area contributed by atoms with E-state index in [1.807, 2.05) is 0 Å². The molecule has 0 radical (unpaired) electrons. The van der Waals surface area contributed by atoms with Crippen LogP contribution in [0, 0.1) is 0 Å². The molecule has 0 saturated heterocycles. The van der Waals surface area contributed by atoms with E-state index in [9.17, 15) is 0 Å². The summed E-state index contributed by atoms with van der Waals surface area (Å²) < 4.78 is 4.82. The maximum atomic E-state index is 4.82. The van der Waals surface area contributed by atoms with E-state index in [2.05, 4.69) is 29.1 Å². The first-order valence-electron chi connectivity index (χ1n) is 3.85. The van der Waals surface area contributed by atoms with Gasteiger partial charge in [0.15, 0.2) is 0 Å². The summed E-state index contributed by atoms with van der Waals surface area (Å²) in [6, 6.07) is 0.784. The molecule has 0 aliphatic carbocycles. The fourth-order valence-corrected chi connectivity index (χ4v) is 0.829. The standard InChI is InChI=1S/C8H13N3O/c1-6(2)11-7-4-9-8(12-3)10-5-7/h4-6,11H,1-3H3. The third-order valence-electron chi connectivity index (χ3n) is 1.27. The van der Waals surface area contributed by atoms with Gasteiger partial charge in [0.25, 0.3) is 0 Å². The van der Waals surface area contributed by atoms with Gasteiger partial charge < -0.3 is 10.1 Å². The molecule has 0 unspecified atom stereocenters. The third kappa shape index (κ3) is 2.38. The molecule has 4 heteroatoms. The minimum absolute atomic E-state index is 0.391. The van der Waals surface area contributed by atoms with Crippen LogP contribution in [0.2, 0.25) is 0 Å². The van der Waals surface area contributed by atoms with Crippen molar-refractivity contribution >= 4 is 5.69 Å². The van der Waals surface area contributed by atoms with Crippen molar-refractivity contribution in [2.24, 2.45) is 0 Å². The van der Waals surface area contributed by atoms with Gasteiger partial charge in [-0.3, -0.25) is 0 Å². The Hall–Kier alpha value is -1.32. The summed E-state index contributed by atoms with van der Waals surface area (Å²) in [5.41, 5.74) is 0.908. The fraction of sp³-hybridized carbons (Fsp3) is 0.500. The summed E-state index contributed by atoms with van der Waals surface area (Å²) in [6.07, 6.45) is 3.40. The summed E-state index contributed by atoms with van der Waals surface area (Å²) in [5.74, 6) is 0. The lowest BCUT2D eigenvalue weighted by atomic mass is 10.4. The zero-order valence-corrected chi connectivity index (χ0v) is 7.53. The van der Waals surface area contributed by atoms with Gasteiger partial charge in [-0.2, -0.15) is 0 Å². The van der Waals surface area contributed by atoms with Crippen molar-refractivity contribution < 1.29 is 4.74 Å². The first-order valence-corrected chi connectivity index (χ1v) is 3.85. The maximum absolute atomic E-state index is 4.82. The van der Waals surface area contributed by atoms with E-state index in [0.717, 1.165) is 5.69 Å². The molecule has 1 aromatic heterocycles. The Labute approximate surface area is 72.0 Å². The number of aromatic nitrogens is 2. The van der Waals surface area contributed by atoms with Crippen LogP contribution in [0.4, 0.5) is 5.69 Å². The van der Waals surface area contributed by atoms with Crippen LogP contribution in [0.5, 0.6) is 6.01 Å². The summed E-state index contributed by atoms with van der Waals surface area (Å²) in [7, 11) is 1.55. The van der Waals surface area contributed by atoms with Gasteiger partial charge in [0.05, 0.1) is 25.2 Å². The highest BCUT2D eigenvalue weighted by Crippen LogP contribution is 2.07. The summed E-state index contributed by atoms with van der Waals surface area (Å²) in [5, 5.41) is 3.18. The van der Waals surface area contributed by atoms with E-state index in [0.29, 0.717) is 12.1 Å². The molecule has 4 nitrogen and oxygen atoms in total. The van der Waals surface area contributed by atoms with Gasteiger partial charge >= 0.3 is 6.01 Å². The highest BCUT2D eigenvalue weighted by Gasteiger charge is 1.97. The Morgan fingerprint density at radius 3 is 2.33 bits per heavy atom. The van der Waals surface area contributed by atoms with Crippen molar-refractivity contribution in [2.45, 2.75) is 19.9 Å². The average Bonchev–Trinajstić information content (AvgIpc) is 2.05. The molecular formula is C8H13N3O. The van der Waals surface area contributed by atoms with Crippen LogP contribution in [0.15, 0.2) is 12.4 Å². The molecule has 0 aliphatic heterocycles. The molecule has 0 atom stereocenters. The molecule has 1 heterocycles. The Kier molecular flexibility index (Phi) is 2.85. The second-order valence-corrected chi connectivity index (χ2v) is 2.76. The topological polar surface area (TPSA) is 47.0 Å². The first kappa shape index (κ1) is 8.77. The molecule has 1 N–H and O–H groups in total. The van der Waals surface area contributed by atoms with Crippen molar-refractivity contribution in [3.8, 4) is 6.01 Å². The second-order valence-electron chi connectivity index (χ2n) is 2.76. The van der Waals surface area contributed by atoms with Gasteiger partial charge in [-0.25, -0.2) is 9.97 Å². The zero-order valence-electron chi connectivity index (χ0n) is 7.53. The molecular weight excluding hydrogens is 154 g/mol. The minimum atomic E-state index is 0.391. The van der Waals surface area contributed by atoms with Crippen LogP contribution < -0.4 is 10.1 Å². The van der Waals surface area contributed by atoms with E-state index in [4.69, 9.17) is 4.74 Å². The molecule has 1 aromatic rings. The SMILES string of the molecule is COc1ncc(NC(C)C)cn1. The normalized spacial score (nSPS) is 10.0. The Balaban J connectivity index is 2.65. The van der Waals surface area contributed by atoms with Crippen molar-refractivity contribution in [1.29, 1.82) is 0 Å². The molecule has 12 heavy (non-hydrogen) atoms. The fourth-order valence-electron chi connectivity index (χ4n) is 0.829. The van der Waals surface area contributed by atoms with E-state index in [-0.39, 0.29) is 0 Å². The van der Waals surface area contributed by atoms with E-state index >= 15 is 0 Å². The number of ether oxygens (including phenoxy) is 1. The van der Waals surface area contributed by atoms with Gasteiger partial charge in [-0.1, -0.05) is 0 Å². The molecule has 0 saturated carbocycles. The molecule has 0 amide bonds. The minimum Gasteiger partial charge on any atom is -0.467 e. The van der Waals surface area contributed by atoms with Crippen molar-refractivity contribution in [3.63, 3.8) is 0 Å². The summed E-state index contributed by atoms with van der Waals surface area (Å²) in [4.78, 5) is 7.91. The number of methoxy groups -OCH3 is 1. The van der Waals surface area contributed by atoms with Crippen molar-refractivity contribution in [1.82, 2.24) is 9.97 Å². The van der Waals surface area contributed by atoms with Crippen LogP contribution in [-0.4, -0.2) is 23.1 Å². The van der Waals surface area contributed by atoms with Gasteiger partial charge in [-0.05, 0) is 13.8 Å². The van der Waals surface area contributed by atoms with Gasteiger partial charge in [0, 0.05) is 6.04 Å². The second kappa shape index (κ2) is 3.90. The molecule has 0 fully saturated rings. The van der Waals surface area contributed by atoms with E-state index < -0.39 is 0 Å². The Morgan fingerprint density at radius 1 is 1.33 bits per heavy atom. The van der Waals surface area contributed by atoms with Crippen molar-refractivity contribution in [3.05, 3.63) is 12.4 Å². The van der Waals surface area contributed by atoms with Gasteiger partial charge in [-0.15, -0.1) is 0 Å². The van der Waals surface area contributed by atoms with Crippen LogP contribution >= 0.6 is 0 Å². The van der Waals surface area contributed by atoms with E-state index in [1.54, 1.807) is 19.5 Å². The number of rotatable bonds is 3. The van der Waals surface area contributed by atoms with Crippen LogP contribution in [0.3, 0.4) is 0 Å². The molecule has 0 aliphatic rings. The molecule has 0 bridgehead atoms. The third-order valence-corrected chi connectivity index (χ3v) is 1.27. The van der Waals surface area contributed by atoms with Crippen molar-refractivity contribution in [2.75, 3.05) is 12.4 Å². The average molecular weight is 167 g/mol. The lowest BCUT2D eigenvalue weighted by molar-refractivity contribution is 0.380. The summed E-state index contributed by atoms with van der Waals surface area (Å²) >= 11 is 0. The highest BCUT2D eigenvalue weighted by molar-refractivity contribution is 5.38. The predicted molar refractivity (Wildman–Crippen MR) is 47.3 cm³/mol. The lowest BCUT2D eigenvalue weighted by Gasteiger charge is -2.08. The van der Waals surface area contributed by atoms with Gasteiger partial charge in [0.2, 0.25) is 0 Å². The van der Waals surface area contributed by atoms with E-state index in [1.165, 1.54) is 0 Å². The zero-order chi connectivity index (χ0) is 8.97. The maximum Gasteiger partial charge on any atom is 0.316 e. The quantitative estimate of drug-likeness (QED) is 0.737.